The van der Waals surface area contributed by atoms with Crippen LogP contribution in [0.3, 0.4) is 0 Å². The third-order valence-electron chi connectivity index (χ3n) is 11.8. The predicted molar refractivity (Wildman–Crippen MR) is 191 cm³/mol. The maximum Gasteiger partial charge on any atom is 0.311 e. The van der Waals surface area contributed by atoms with Crippen LogP contribution in [0.4, 0.5) is 0 Å². The molecule has 298 valence electrons. The van der Waals surface area contributed by atoms with Gasteiger partial charge in [-0.3, -0.25) is 4.79 Å². The number of likely N-dealkylation sites (N-methyl/N-ethyl adjacent to an activating group) is 1. The van der Waals surface area contributed by atoms with Gasteiger partial charge in [-0.05, 0) is 99.4 Å². The molecule has 2 unspecified atom stereocenters. The number of aliphatic hydroxyl groups is 4. The summed E-state index contributed by atoms with van der Waals surface area (Å²) in [6.07, 6.45) is -5.53. The largest absolute Gasteiger partial charge is 0.459 e. The van der Waals surface area contributed by atoms with Crippen LogP contribution in [0.1, 0.15) is 94.9 Å². The molecule has 13 heteroatoms. The molecule has 0 aromatic carbocycles. The van der Waals surface area contributed by atoms with Gasteiger partial charge in [0.05, 0.1) is 47.6 Å². The van der Waals surface area contributed by atoms with Gasteiger partial charge in [0.15, 0.2) is 12.6 Å². The number of rotatable bonds is 8. The van der Waals surface area contributed by atoms with Crippen LogP contribution in [0.5, 0.6) is 0 Å². The highest BCUT2D eigenvalue weighted by molar-refractivity contribution is 5.73. The Bertz CT molecular complexity index is 1170. The summed E-state index contributed by atoms with van der Waals surface area (Å²) in [5, 5.41) is 45.7. The summed E-state index contributed by atoms with van der Waals surface area (Å²) in [5.41, 5.74) is -3.17. The van der Waals surface area contributed by atoms with Gasteiger partial charge in [0, 0.05) is 32.6 Å². The van der Waals surface area contributed by atoms with Gasteiger partial charge in [0.1, 0.15) is 23.9 Å². The topological polar surface area (TPSA) is 166 Å². The molecule has 0 amide bonds. The van der Waals surface area contributed by atoms with Gasteiger partial charge in [-0.2, -0.15) is 0 Å². The number of methoxy groups -OCH3 is 2. The average molecular weight is 732 g/mol. The predicted octanol–water partition coefficient (Wildman–Crippen LogP) is 3.18. The molecule has 2 saturated heterocycles. The lowest BCUT2D eigenvalue weighted by Crippen LogP contribution is -2.61. The Hall–Kier alpha value is -1.23. The maximum atomic E-state index is 14.1. The number of hydrogen-bond donors (Lipinski definition) is 4. The lowest BCUT2D eigenvalue weighted by atomic mass is 9.75. The first-order valence-corrected chi connectivity index (χ1v) is 18.6. The molecule has 0 aromatic rings. The molecule has 17 atom stereocenters. The molecule has 0 radical (unpaired) electrons. The molecule has 3 aliphatic rings. The molecule has 51 heavy (non-hydrogen) atoms. The van der Waals surface area contributed by atoms with E-state index in [-0.39, 0.29) is 30.9 Å². The highest BCUT2D eigenvalue weighted by Gasteiger charge is 2.52. The Morgan fingerprint density at radius 3 is 2.10 bits per heavy atom. The van der Waals surface area contributed by atoms with Crippen molar-refractivity contribution >= 4 is 5.97 Å². The Morgan fingerprint density at radius 1 is 0.941 bits per heavy atom. The van der Waals surface area contributed by atoms with Gasteiger partial charge in [0.2, 0.25) is 0 Å². The molecule has 0 aliphatic carbocycles. The van der Waals surface area contributed by atoms with E-state index in [0.717, 1.165) is 0 Å². The number of cyclic esters (lactones) is 1. The van der Waals surface area contributed by atoms with Crippen LogP contribution in [0.2, 0.25) is 0 Å². The lowest BCUT2D eigenvalue weighted by molar-refractivity contribution is -0.319. The van der Waals surface area contributed by atoms with Gasteiger partial charge >= 0.3 is 5.97 Å². The number of ether oxygens (including phenoxy) is 7. The van der Waals surface area contributed by atoms with Crippen LogP contribution in [0.15, 0.2) is 11.6 Å². The van der Waals surface area contributed by atoms with Crippen molar-refractivity contribution in [3.05, 3.63) is 11.6 Å². The normalized spacial score (nSPS) is 49.2. The molecule has 4 N–H and O–H groups in total. The minimum Gasteiger partial charge on any atom is -0.459 e. The van der Waals surface area contributed by atoms with E-state index in [4.69, 9.17) is 33.2 Å². The van der Waals surface area contributed by atoms with Gasteiger partial charge in [-0.25, -0.2) is 0 Å². The summed E-state index contributed by atoms with van der Waals surface area (Å²) >= 11 is 0. The minimum absolute atomic E-state index is 0.166. The van der Waals surface area contributed by atoms with E-state index < -0.39 is 89.9 Å². The smallest absolute Gasteiger partial charge is 0.311 e. The van der Waals surface area contributed by atoms with Crippen molar-refractivity contribution in [1.82, 2.24) is 4.90 Å². The molecule has 0 spiro atoms. The molecular formula is C38H69NO12. The molecule has 3 heterocycles. The van der Waals surface area contributed by atoms with Crippen LogP contribution in [0.25, 0.3) is 0 Å². The SMILES string of the molecule is CC[C@H]1OC(=O)[C@H](C)[C@@H](OC2C[C@@](C)(OC)[C@@H](O)[C@H](C)O2)[C@H](C)[C@@H](OC2O[C@H](C)C[C@H](N(C)C)[C@H]2O)[C@](C)(OC)C[C@@H](C)[C@H](O)/C(C)=C/[C@]1(C)O. The zero-order valence-electron chi connectivity index (χ0n) is 33.5. The minimum atomic E-state index is -1.58. The van der Waals surface area contributed by atoms with Crippen LogP contribution in [-0.4, -0.2) is 144 Å². The second-order valence-corrected chi connectivity index (χ2v) is 16.4. The van der Waals surface area contributed by atoms with E-state index in [9.17, 15) is 25.2 Å². The fourth-order valence-electron chi connectivity index (χ4n) is 8.41. The zero-order valence-corrected chi connectivity index (χ0v) is 33.5. The lowest BCUT2D eigenvalue weighted by Gasteiger charge is -2.50. The fourth-order valence-corrected chi connectivity index (χ4v) is 8.41. The number of esters is 1. The summed E-state index contributed by atoms with van der Waals surface area (Å²) in [7, 11) is 6.90. The molecule has 3 aliphatic heterocycles. The van der Waals surface area contributed by atoms with E-state index in [1.165, 1.54) is 7.11 Å². The van der Waals surface area contributed by atoms with Crippen molar-refractivity contribution in [1.29, 1.82) is 0 Å². The Balaban J connectivity index is 2.21. The Kier molecular flexibility index (Phi) is 15.1. The summed E-state index contributed by atoms with van der Waals surface area (Å²) in [6, 6.07) is -0.245. The van der Waals surface area contributed by atoms with Crippen molar-refractivity contribution in [2.75, 3.05) is 28.3 Å². The molecule has 0 aromatic heterocycles. The number of hydrogen-bond acceptors (Lipinski definition) is 13. The van der Waals surface area contributed by atoms with Gasteiger partial charge in [-0.1, -0.05) is 20.8 Å². The van der Waals surface area contributed by atoms with E-state index in [1.807, 2.05) is 53.6 Å². The van der Waals surface area contributed by atoms with Crippen LogP contribution in [0, 0.1) is 17.8 Å². The number of nitrogens with zero attached hydrogens (tertiary/aromatic N) is 1. The third-order valence-corrected chi connectivity index (χ3v) is 11.8. The Morgan fingerprint density at radius 2 is 1.55 bits per heavy atom. The van der Waals surface area contributed by atoms with Gasteiger partial charge in [-0.15, -0.1) is 0 Å². The number of carbonyl (C=O) groups is 1. The fraction of sp³-hybridized carbons (Fsp3) is 0.921. The molecule has 3 rings (SSSR count). The van der Waals surface area contributed by atoms with Crippen LogP contribution >= 0.6 is 0 Å². The van der Waals surface area contributed by atoms with E-state index in [1.54, 1.807) is 47.8 Å². The zero-order chi connectivity index (χ0) is 38.8. The van der Waals surface area contributed by atoms with Gasteiger partial charge < -0.3 is 58.5 Å². The Labute approximate surface area is 305 Å². The van der Waals surface area contributed by atoms with E-state index >= 15 is 0 Å². The maximum absolute atomic E-state index is 14.1. The second kappa shape index (κ2) is 17.5. The molecule has 2 fully saturated rings. The van der Waals surface area contributed by atoms with E-state index in [2.05, 4.69) is 0 Å². The highest BCUT2D eigenvalue weighted by atomic mass is 16.7. The molecule has 0 saturated carbocycles. The second-order valence-electron chi connectivity index (χ2n) is 16.4. The summed E-state index contributed by atoms with van der Waals surface area (Å²) in [6.45, 7) is 18.0. The molecule has 0 bridgehead atoms. The number of carbonyl (C=O) groups excluding carboxylic acids is 1. The van der Waals surface area contributed by atoms with Crippen LogP contribution in [-0.2, 0) is 38.0 Å². The monoisotopic (exact) mass is 731 g/mol. The first kappa shape index (κ1) is 44.2. The molecule has 13 nitrogen and oxygen atoms in total. The first-order valence-electron chi connectivity index (χ1n) is 18.6. The van der Waals surface area contributed by atoms with Gasteiger partial charge in [0.25, 0.3) is 0 Å². The summed E-state index contributed by atoms with van der Waals surface area (Å²) in [5.74, 6) is -2.56. The average Bonchev–Trinajstić information content (AvgIpc) is 3.06. The number of aliphatic hydroxyl groups excluding tert-OH is 3. The first-order chi connectivity index (χ1) is 23.5. The van der Waals surface area contributed by atoms with Crippen molar-refractivity contribution in [3.63, 3.8) is 0 Å². The van der Waals surface area contributed by atoms with Crippen molar-refractivity contribution < 1.29 is 58.4 Å². The van der Waals surface area contributed by atoms with E-state index in [0.29, 0.717) is 18.4 Å². The third kappa shape index (κ3) is 9.91. The highest BCUT2D eigenvalue weighted by Crippen LogP contribution is 2.41. The summed E-state index contributed by atoms with van der Waals surface area (Å²) < 4.78 is 44.1. The quantitative estimate of drug-likeness (QED) is 0.213. The van der Waals surface area contributed by atoms with Crippen molar-refractivity contribution in [2.24, 2.45) is 17.8 Å². The van der Waals surface area contributed by atoms with Crippen molar-refractivity contribution in [2.45, 2.75) is 179 Å². The summed E-state index contributed by atoms with van der Waals surface area (Å²) in [4.78, 5) is 16.1. The van der Waals surface area contributed by atoms with Crippen LogP contribution < -0.4 is 0 Å². The van der Waals surface area contributed by atoms with Crippen molar-refractivity contribution in [3.8, 4) is 0 Å². The standard InChI is InChI=1S/C38H69NO12/c1-15-27-36(8,44)17-20(2)29(40)21(3)18-38(10,46-14)33(51-35-30(41)26(39(11)12)16-22(4)47-35)23(5)31(24(6)34(43)49-27)50-28-19-37(9,45-13)32(42)25(7)48-28/h17,21-33,35,40-42,44H,15-16,18-19H2,1-14H3/b20-17+/t21-,22-,23+,24-,25+,26+,27-,28?,29-,30-,31+,32+,33-,35?,36+,37-,38-/m1/s1. The molecular weight excluding hydrogens is 662 g/mol.